The third-order valence-corrected chi connectivity index (χ3v) is 2.89. The minimum atomic E-state index is -0.0219. The van der Waals surface area contributed by atoms with E-state index in [4.69, 9.17) is 4.74 Å². The Bertz CT molecular complexity index is 520. The van der Waals surface area contributed by atoms with E-state index >= 15 is 0 Å². The van der Waals surface area contributed by atoms with Crippen molar-refractivity contribution < 1.29 is 9.53 Å². The Balaban J connectivity index is 1.90. The number of hydrogen-bond acceptors (Lipinski definition) is 3. The molecular formula is C14H17N3O2. The second-order valence-corrected chi connectivity index (χ2v) is 4.34. The average molecular weight is 259 g/mol. The molecule has 5 nitrogen and oxygen atoms in total. The topological polar surface area (TPSA) is 56.1 Å². The van der Waals surface area contributed by atoms with Crippen molar-refractivity contribution in [2.45, 2.75) is 19.4 Å². The number of nitrogens with zero attached hydrogens (tertiary/aromatic N) is 2. The first-order chi connectivity index (χ1) is 9.19. The summed E-state index contributed by atoms with van der Waals surface area (Å²) in [5, 5.41) is 2.86. The molecule has 19 heavy (non-hydrogen) atoms. The van der Waals surface area contributed by atoms with Crippen LogP contribution in [0, 0.1) is 0 Å². The number of hydrogen-bond donors (Lipinski definition) is 1. The van der Waals surface area contributed by atoms with Crippen molar-refractivity contribution in [3.05, 3.63) is 43.0 Å². The van der Waals surface area contributed by atoms with Crippen LogP contribution in [0.25, 0.3) is 0 Å². The highest BCUT2D eigenvalue weighted by molar-refractivity contribution is 5.90. The molecule has 5 heteroatoms. The zero-order valence-corrected chi connectivity index (χ0v) is 11.0. The lowest BCUT2D eigenvalue weighted by molar-refractivity contribution is -0.116. The Morgan fingerprint density at radius 2 is 2.16 bits per heavy atom. The molecule has 100 valence electrons. The molecule has 0 saturated heterocycles. The van der Waals surface area contributed by atoms with Crippen LogP contribution in [-0.2, 0) is 4.79 Å². The van der Waals surface area contributed by atoms with E-state index in [0.29, 0.717) is 6.42 Å². The molecule has 2 aromatic rings. The van der Waals surface area contributed by atoms with Crippen LogP contribution in [0.15, 0.2) is 43.0 Å². The lowest BCUT2D eigenvalue weighted by Gasteiger charge is -2.13. The van der Waals surface area contributed by atoms with Crippen LogP contribution >= 0.6 is 0 Å². The monoisotopic (exact) mass is 259 g/mol. The molecule has 0 bridgehead atoms. The molecule has 0 aliphatic carbocycles. The average Bonchev–Trinajstić information content (AvgIpc) is 2.93. The summed E-state index contributed by atoms with van der Waals surface area (Å²) in [7, 11) is 1.61. The van der Waals surface area contributed by atoms with Gasteiger partial charge in [0, 0.05) is 30.5 Å². The van der Waals surface area contributed by atoms with Crippen molar-refractivity contribution in [2.24, 2.45) is 0 Å². The van der Waals surface area contributed by atoms with E-state index in [9.17, 15) is 4.79 Å². The van der Waals surface area contributed by atoms with E-state index in [-0.39, 0.29) is 11.9 Å². The molecule has 0 radical (unpaired) electrons. The third kappa shape index (κ3) is 3.58. The van der Waals surface area contributed by atoms with Gasteiger partial charge >= 0.3 is 0 Å². The van der Waals surface area contributed by atoms with E-state index in [1.54, 1.807) is 19.6 Å². The van der Waals surface area contributed by atoms with E-state index in [2.05, 4.69) is 10.3 Å². The quantitative estimate of drug-likeness (QED) is 0.897. The molecule has 0 saturated carbocycles. The molecular weight excluding hydrogens is 242 g/mol. The van der Waals surface area contributed by atoms with Gasteiger partial charge in [-0.15, -0.1) is 0 Å². The van der Waals surface area contributed by atoms with Gasteiger partial charge in [0.1, 0.15) is 5.75 Å². The second-order valence-electron chi connectivity index (χ2n) is 4.34. The number of aromatic nitrogens is 2. The van der Waals surface area contributed by atoms with Crippen LogP contribution < -0.4 is 10.1 Å². The number of amides is 1. The Morgan fingerprint density at radius 3 is 2.74 bits per heavy atom. The first-order valence-electron chi connectivity index (χ1n) is 6.10. The fourth-order valence-electron chi connectivity index (χ4n) is 1.79. The molecule has 1 aromatic heterocycles. The van der Waals surface area contributed by atoms with Gasteiger partial charge in [0.05, 0.1) is 13.4 Å². The van der Waals surface area contributed by atoms with E-state index < -0.39 is 0 Å². The zero-order chi connectivity index (χ0) is 13.7. The highest BCUT2D eigenvalue weighted by Gasteiger charge is 2.10. The van der Waals surface area contributed by atoms with Gasteiger partial charge < -0.3 is 14.6 Å². The van der Waals surface area contributed by atoms with Crippen molar-refractivity contribution in [1.82, 2.24) is 9.55 Å². The number of imidazole rings is 1. The van der Waals surface area contributed by atoms with Gasteiger partial charge in [0.25, 0.3) is 0 Å². The fourth-order valence-corrected chi connectivity index (χ4v) is 1.79. The summed E-state index contributed by atoms with van der Waals surface area (Å²) in [5.74, 6) is 0.746. The van der Waals surface area contributed by atoms with Gasteiger partial charge in [-0.2, -0.15) is 0 Å². The smallest absolute Gasteiger partial charge is 0.226 e. The molecule has 0 aliphatic heterocycles. The summed E-state index contributed by atoms with van der Waals surface area (Å²) < 4.78 is 6.98. The Labute approximate surface area is 112 Å². The summed E-state index contributed by atoms with van der Waals surface area (Å²) in [6, 6.07) is 7.35. The van der Waals surface area contributed by atoms with E-state index in [0.717, 1.165) is 11.4 Å². The number of methoxy groups -OCH3 is 1. The standard InChI is InChI=1S/C14H17N3O2/c1-11(17-8-7-15-10-17)9-14(18)16-12-3-5-13(19-2)6-4-12/h3-8,10-11H,9H2,1-2H3,(H,16,18)/t11-/m1/s1. The van der Waals surface area contributed by atoms with E-state index in [1.165, 1.54) is 0 Å². The van der Waals surface area contributed by atoms with Gasteiger partial charge in [-0.3, -0.25) is 4.79 Å². The van der Waals surface area contributed by atoms with Gasteiger partial charge in [0.2, 0.25) is 5.91 Å². The minimum absolute atomic E-state index is 0.0219. The van der Waals surface area contributed by atoms with Crippen LogP contribution in [0.5, 0.6) is 5.75 Å². The molecule has 0 aliphatic rings. The van der Waals surface area contributed by atoms with Crippen LogP contribution in [0.4, 0.5) is 5.69 Å². The molecule has 0 fully saturated rings. The number of anilines is 1. The normalized spacial score (nSPS) is 11.9. The van der Waals surface area contributed by atoms with Gasteiger partial charge in [0.15, 0.2) is 0 Å². The predicted molar refractivity (Wildman–Crippen MR) is 73.2 cm³/mol. The van der Waals surface area contributed by atoms with Gasteiger partial charge in [-0.05, 0) is 31.2 Å². The van der Waals surface area contributed by atoms with Crippen molar-refractivity contribution in [2.75, 3.05) is 12.4 Å². The van der Waals surface area contributed by atoms with Crippen LogP contribution in [-0.4, -0.2) is 22.6 Å². The second kappa shape index (κ2) is 6.04. The first-order valence-corrected chi connectivity index (χ1v) is 6.10. The Morgan fingerprint density at radius 1 is 1.42 bits per heavy atom. The molecule has 1 N–H and O–H groups in total. The highest BCUT2D eigenvalue weighted by atomic mass is 16.5. The molecule has 2 rings (SSSR count). The first kappa shape index (κ1) is 13.1. The number of nitrogens with one attached hydrogen (secondary N) is 1. The lowest BCUT2D eigenvalue weighted by atomic mass is 10.2. The van der Waals surface area contributed by atoms with Crippen molar-refractivity contribution in [3.63, 3.8) is 0 Å². The third-order valence-electron chi connectivity index (χ3n) is 2.89. The van der Waals surface area contributed by atoms with Crippen LogP contribution in [0.2, 0.25) is 0 Å². The number of carbonyl (C=O) groups is 1. The maximum atomic E-state index is 11.9. The van der Waals surface area contributed by atoms with Crippen molar-refractivity contribution in [1.29, 1.82) is 0 Å². The fraction of sp³-hybridized carbons (Fsp3) is 0.286. The number of ether oxygens (including phenoxy) is 1. The summed E-state index contributed by atoms with van der Waals surface area (Å²) in [4.78, 5) is 15.9. The summed E-state index contributed by atoms with van der Waals surface area (Å²) in [6.07, 6.45) is 5.68. The molecule has 1 aromatic carbocycles. The molecule has 1 heterocycles. The molecule has 1 atom stereocenters. The van der Waals surface area contributed by atoms with Crippen LogP contribution in [0.1, 0.15) is 19.4 Å². The summed E-state index contributed by atoms with van der Waals surface area (Å²) >= 11 is 0. The Hall–Kier alpha value is -2.30. The summed E-state index contributed by atoms with van der Waals surface area (Å²) in [6.45, 7) is 1.98. The predicted octanol–water partition coefficient (Wildman–Crippen LogP) is 2.48. The van der Waals surface area contributed by atoms with Crippen molar-refractivity contribution in [3.8, 4) is 5.75 Å². The lowest BCUT2D eigenvalue weighted by Crippen LogP contribution is -2.16. The van der Waals surface area contributed by atoms with Crippen LogP contribution in [0.3, 0.4) is 0 Å². The van der Waals surface area contributed by atoms with Gasteiger partial charge in [-0.25, -0.2) is 4.98 Å². The summed E-state index contributed by atoms with van der Waals surface area (Å²) in [5.41, 5.74) is 0.767. The molecule has 0 spiro atoms. The van der Waals surface area contributed by atoms with E-state index in [1.807, 2.05) is 42.0 Å². The molecule has 0 unspecified atom stereocenters. The maximum Gasteiger partial charge on any atom is 0.226 e. The largest absolute Gasteiger partial charge is 0.497 e. The number of benzene rings is 1. The SMILES string of the molecule is COc1ccc(NC(=O)C[C@@H](C)n2ccnc2)cc1. The number of rotatable bonds is 5. The number of carbonyl (C=O) groups excluding carboxylic acids is 1. The minimum Gasteiger partial charge on any atom is -0.497 e. The highest BCUT2D eigenvalue weighted by Crippen LogP contribution is 2.16. The van der Waals surface area contributed by atoms with Crippen molar-refractivity contribution >= 4 is 11.6 Å². The maximum absolute atomic E-state index is 11.9. The molecule has 1 amide bonds. The van der Waals surface area contributed by atoms with Gasteiger partial charge in [-0.1, -0.05) is 0 Å². The Kier molecular flexibility index (Phi) is 4.18. The zero-order valence-electron chi connectivity index (χ0n) is 11.0.